The normalized spacial score (nSPS) is 15.7. The fourth-order valence-corrected chi connectivity index (χ4v) is 1.24. The Labute approximate surface area is 76.8 Å². The SMILES string of the molecule is CC[CH]C(C)(C#N)CCC(C)C. The molecule has 0 amide bonds. The lowest BCUT2D eigenvalue weighted by Gasteiger charge is -2.21. The van der Waals surface area contributed by atoms with Gasteiger partial charge in [0.05, 0.1) is 11.5 Å². The maximum absolute atomic E-state index is 8.95. The molecule has 0 heterocycles. The Morgan fingerprint density at radius 1 is 1.50 bits per heavy atom. The highest BCUT2D eigenvalue weighted by atomic mass is 14.3. The van der Waals surface area contributed by atoms with E-state index in [1.807, 2.05) is 6.92 Å². The first-order valence-electron chi connectivity index (χ1n) is 4.79. The summed E-state index contributed by atoms with van der Waals surface area (Å²) >= 11 is 0. The minimum absolute atomic E-state index is 0.195. The number of rotatable bonds is 5. The third kappa shape index (κ3) is 4.38. The molecule has 0 spiro atoms. The van der Waals surface area contributed by atoms with Gasteiger partial charge in [-0.25, -0.2) is 0 Å². The van der Waals surface area contributed by atoms with E-state index in [2.05, 4.69) is 33.3 Å². The van der Waals surface area contributed by atoms with Gasteiger partial charge in [-0.3, -0.25) is 0 Å². The van der Waals surface area contributed by atoms with Crippen molar-refractivity contribution in [2.45, 2.75) is 47.0 Å². The molecule has 0 rings (SSSR count). The van der Waals surface area contributed by atoms with Gasteiger partial charge in [0.25, 0.3) is 0 Å². The molecule has 0 N–H and O–H groups in total. The maximum Gasteiger partial charge on any atom is 0.0689 e. The third-order valence-electron chi connectivity index (χ3n) is 2.15. The highest BCUT2D eigenvalue weighted by Crippen LogP contribution is 2.28. The predicted molar refractivity (Wildman–Crippen MR) is 52.4 cm³/mol. The van der Waals surface area contributed by atoms with Crippen molar-refractivity contribution < 1.29 is 0 Å². The summed E-state index contributed by atoms with van der Waals surface area (Å²) in [5.41, 5.74) is -0.195. The Bertz CT molecular complexity index is 155. The van der Waals surface area contributed by atoms with Crippen LogP contribution in [0.4, 0.5) is 0 Å². The van der Waals surface area contributed by atoms with Crippen molar-refractivity contribution >= 4 is 0 Å². The average Bonchev–Trinajstić information content (AvgIpc) is 2.02. The Balaban J connectivity index is 3.90. The van der Waals surface area contributed by atoms with Gasteiger partial charge in [-0.15, -0.1) is 0 Å². The summed E-state index contributed by atoms with van der Waals surface area (Å²) < 4.78 is 0. The zero-order valence-electron chi connectivity index (χ0n) is 8.72. The summed E-state index contributed by atoms with van der Waals surface area (Å²) in [5.74, 6) is 0.697. The second-order valence-corrected chi connectivity index (χ2v) is 4.07. The Hall–Kier alpha value is -0.510. The summed E-state index contributed by atoms with van der Waals surface area (Å²) in [6, 6.07) is 2.38. The fourth-order valence-electron chi connectivity index (χ4n) is 1.24. The summed E-state index contributed by atoms with van der Waals surface area (Å²) in [4.78, 5) is 0. The van der Waals surface area contributed by atoms with Crippen LogP contribution in [0, 0.1) is 29.1 Å². The molecule has 1 nitrogen and oxygen atoms in total. The molecule has 1 unspecified atom stereocenters. The van der Waals surface area contributed by atoms with E-state index in [0.29, 0.717) is 5.92 Å². The topological polar surface area (TPSA) is 23.8 Å². The number of hydrogen-bond donors (Lipinski definition) is 0. The van der Waals surface area contributed by atoms with Gasteiger partial charge in [0.2, 0.25) is 0 Å². The van der Waals surface area contributed by atoms with E-state index < -0.39 is 0 Å². The van der Waals surface area contributed by atoms with E-state index >= 15 is 0 Å². The first kappa shape index (κ1) is 11.5. The van der Waals surface area contributed by atoms with Gasteiger partial charge >= 0.3 is 0 Å². The van der Waals surface area contributed by atoms with Crippen LogP contribution in [-0.2, 0) is 0 Å². The summed E-state index contributed by atoms with van der Waals surface area (Å²) in [6.07, 6.45) is 5.24. The van der Waals surface area contributed by atoms with E-state index in [0.717, 1.165) is 19.3 Å². The lowest BCUT2D eigenvalue weighted by atomic mass is 9.81. The van der Waals surface area contributed by atoms with Crippen molar-refractivity contribution in [1.29, 1.82) is 5.26 Å². The molecule has 0 saturated heterocycles. The van der Waals surface area contributed by atoms with Gasteiger partial charge in [-0.05, 0) is 32.1 Å². The van der Waals surface area contributed by atoms with Gasteiger partial charge < -0.3 is 0 Å². The molecule has 0 fully saturated rings. The van der Waals surface area contributed by atoms with E-state index in [1.54, 1.807) is 0 Å². The van der Waals surface area contributed by atoms with Crippen LogP contribution in [0.25, 0.3) is 0 Å². The Kier molecular flexibility index (Phi) is 4.97. The molecule has 0 bridgehead atoms. The molecule has 0 aromatic rings. The van der Waals surface area contributed by atoms with Gasteiger partial charge in [-0.1, -0.05) is 27.2 Å². The van der Waals surface area contributed by atoms with Crippen LogP contribution >= 0.6 is 0 Å². The lowest BCUT2D eigenvalue weighted by Crippen LogP contribution is -2.14. The predicted octanol–water partition coefficient (Wildman–Crippen LogP) is 3.57. The van der Waals surface area contributed by atoms with E-state index in [-0.39, 0.29) is 5.41 Å². The van der Waals surface area contributed by atoms with Crippen LogP contribution < -0.4 is 0 Å². The first-order chi connectivity index (χ1) is 5.54. The van der Waals surface area contributed by atoms with E-state index in [1.165, 1.54) is 0 Å². The minimum atomic E-state index is -0.195. The molecule has 0 aromatic carbocycles. The van der Waals surface area contributed by atoms with Crippen LogP contribution in [-0.4, -0.2) is 0 Å². The van der Waals surface area contributed by atoms with Crippen molar-refractivity contribution in [1.82, 2.24) is 0 Å². The largest absolute Gasteiger partial charge is 0.198 e. The summed E-state index contributed by atoms with van der Waals surface area (Å²) in [5, 5.41) is 8.95. The second kappa shape index (κ2) is 5.19. The molecular weight excluding hydrogens is 146 g/mol. The second-order valence-electron chi connectivity index (χ2n) is 4.07. The van der Waals surface area contributed by atoms with Gasteiger partial charge in [0.1, 0.15) is 0 Å². The molecule has 1 radical (unpaired) electrons. The highest BCUT2D eigenvalue weighted by molar-refractivity contribution is 5.04. The summed E-state index contributed by atoms with van der Waals surface area (Å²) in [7, 11) is 0. The number of hydrogen-bond acceptors (Lipinski definition) is 1. The smallest absolute Gasteiger partial charge is 0.0689 e. The van der Waals surface area contributed by atoms with Crippen LogP contribution in [0.5, 0.6) is 0 Å². The molecule has 0 saturated carbocycles. The van der Waals surface area contributed by atoms with Crippen molar-refractivity contribution in [3.05, 3.63) is 6.42 Å². The monoisotopic (exact) mass is 166 g/mol. The maximum atomic E-state index is 8.95. The van der Waals surface area contributed by atoms with Crippen molar-refractivity contribution in [3.63, 3.8) is 0 Å². The van der Waals surface area contributed by atoms with Crippen molar-refractivity contribution in [2.75, 3.05) is 0 Å². The zero-order chi connectivity index (χ0) is 9.61. The summed E-state index contributed by atoms with van der Waals surface area (Å²) in [6.45, 7) is 8.51. The quantitative estimate of drug-likeness (QED) is 0.612. The van der Waals surface area contributed by atoms with Crippen LogP contribution in [0.2, 0.25) is 0 Å². The van der Waals surface area contributed by atoms with Crippen LogP contribution in [0.15, 0.2) is 0 Å². The molecule has 0 aromatic heterocycles. The van der Waals surface area contributed by atoms with Crippen LogP contribution in [0.1, 0.15) is 47.0 Å². The third-order valence-corrected chi connectivity index (χ3v) is 2.15. The first-order valence-corrected chi connectivity index (χ1v) is 4.79. The van der Waals surface area contributed by atoms with Gasteiger partial charge in [0, 0.05) is 0 Å². The number of nitrogens with zero attached hydrogens (tertiary/aromatic N) is 1. The molecular formula is C11H20N. The average molecular weight is 166 g/mol. The molecule has 12 heavy (non-hydrogen) atoms. The Morgan fingerprint density at radius 2 is 2.08 bits per heavy atom. The number of nitriles is 1. The van der Waals surface area contributed by atoms with Crippen molar-refractivity contribution in [3.8, 4) is 6.07 Å². The fraction of sp³-hybridized carbons (Fsp3) is 0.818. The van der Waals surface area contributed by atoms with E-state index in [9.17, 15) is 0 Å². The standard InChI is InChI=1S/C11H20N/c1-5-7-11(4,9-12)8-6-10(2)3/h7,10H,5-6,8H2,1-4H3. The van der Waals surface area contributed by atoms with Crippen LogP contribution in [0.3, 0.4) is 0 Å². The molecule has 69 valence electrons. The van der Waals surface area contributed by atoms with Crippen molar-refractivity contribution in [2.24, 2.45) is 11.3 Å². The molecule has 0 aliphatic rings. The van der Waals surface area contributed by atoms with E-state index in [4.69, 9.17) is 5.26 Å². The molecule has 1 atom stereocenters. The minimum Gasteiger partial charge on any atom is -0.198 e. The highest BCUT2D eigenvalue weighted by Gasteiger charge is 2.22. The Morgan fingerprint density at radius 3 is 2.42 bits per heavy atom. The molecule has 0 aliphatic heterocycles. The molecule has 1 heteroatoms. The molecule has 0 aliphatic carbocycles. The zero-order valence-corrected chi connectivity index (χ0v) is 8.72. The van der Waals surface area contributed by atoms with Gasteiger partial charge in [-0.2, -0.15) is 5.26 Å². The van der Waals surface area contributed by atoms with Gasteiger partial charge in [0.15, 0.2) is 0 Å². The lowest BCUT2D eigenvalue weighted by molar-refractivity contribution is 0.402.